The molecule has 6 heteroatoms. The maximum atomic E-state index is 11.9. The average molecular weight is 277 g/mol. The van der Waals surface area contributed by atoms with Crippen molar-refractivity contribution < 1.29 is 4.79 Å². The number of aryl methyl sites for hydroxylation is 1. The van der Waals surface area contributed by atoms with E-state index < -0.39 is 0 Å². The average Bonchev–Trinajstić information content (AvgIpc) is 2.93. The highest BCUT2D eigenvalue weighted by Crippen LogP contribution is 2.36. The van der Waals surface area contributed by atoms with Crippen molar-refractivity contribution >= 4 is 17.4 Å². The molecular formula is C14H23N5O. The van der Waals surface area contributed by atoms with E-state index in [1.807, 2.05) is 11.6 Å². The topological polar surface area (TPSA) is 76.2 Å². The van der Waals surface area contributed by atoms with E-state index in [1.54, 1.807) is 0 Å². The molecule has 2 atom stereocenters. The molecule has 1 aromatic rings. The molecule has 3 rings (SSSR count). The van der Waals surface area contributed by atoms with Gasteiger partial charge in [-0.2, -0.15) is 5.10 Å². The van der Waals surface area contributed by atoms with E-state index in [-0.39, 0.29) is 23.9 Å². The molecule has 0 aromatic carbocycles. The minimum Gasteiger partial charge on any atom is -0.394 e. The number of piperidine rings is 1. The van der Waals surface area contributed by atoms with Gasteiger partial charge in [0.15, 0.2) is 5.82 Å². The van der Waals surface area contributed by atoms with Crippen molar-refractivity contribution in [3.05, 3.63) is 5.69 Å². The minimum absolute atomic E-state index is 0.0963. The molecule has 2 aliphatic rings. The second-order valence-electron chi connectivity index (χ2n) is 6.12. The van der Waals surface area contributed by atoms with Gasteiger partial charge in [-0.15, -0.1) is 0 Å². The standard InChI is InChI=1S/C14H23N5O/c1-8(2)19-14(12(15)9(3)17-19)18-6-4-5-10-11(18)7-16-13(10)20/h8,10-11H,4-7,15H2,1-3H3,(H,16,20). The van der Waals surface area contributed by atoms with Gasteiger partial charge in [0.25, 0.3) is 0 Å². The number of anilines is 2. The summed E-state index contributed by atoms with van der Waals surface area (Å²) in [4.78, 5) is 14.2. The molecule has 3 N–H and O–H groups in total. The van der Waals surface area contributed by atoms with Crippen LogP contribution in [0.3, 0.4) is 0 Å². The van der Waals surface area contributed by atoms with Gasteiger partial charge in [0.1, 0.15) is 0 Å². The zero-order valence-corrected chi connectivity index (χ0v) is 12.4. The Morgan fingerprint density at radius 3 is 2.90 bits per heavy atom. The Bertz CT molecular complexity index is 536. The number of nitrogens with one attached hydrogen (secondary N) is 1. The van der Waals surface area contributed by atoms with Crippen molar-refractivity contribution in [1.29, 1.82) is 0 Å². The van der Waals surface area contributed by atoms with E-state index in [9.17, 15) is 4.79 Å². The Morgan fingerprint density at radius 1 is 1.45 bits per heavy atom. The van der Waals surface area contributed by atoms with Gasteiger partial charge < -0.3 is 16.0 Å². The zero-order chi connectivity index (χ0) is 14.4. The summed E-state index contributed by atoms with van der Waals surface area (Å²) < 4.78 is 2.00. The Kier molecular flexibility index (Phi) is 3.11. The highest BCUT2D eigenvalue weighted by Gasteiger charge is 2.42. The van der Waals surface area contributed by atoms with Gasteiger partial charge in [-0.3, -0.25) is 4.79 Å². The first kappa shape index (κ1) is 13.3. The van der Waals surface area contributed by atoms with Crippen molar-refractivity contribution in [3.8, 4) is 0 Å². The van der Waals surface area contributed by atoms with Gasteiger partial charge in [0, 0.05) is 19.1 Å². The largest absolute Gasteiger partial charge is 0.394 e. The van der Waals surface area contributed by atoms with Crippen molar-refractivity contribution in [1.82, 2.24) is 15.1 Å². The molecule has 0 radical (unpaired) electrons. The van der Waals surface area contributed by atoms with Crippen molar-refractivity contribution in [2.75, 3.05) is 23.7 Å². The second kappa shape index (κ2) is 4.68. The van der Waals surface area contributed by atoms with Crippen molar-refractivity contribution in [2.45, 2.75) is 45.7 Å². The molecule has 0 saturated carbocycles. The maximum absolute atomic E-state index is 11.9. The van der Waals surface area contributed by atoms with Crippen molar-refractivity contribution in [2.24, 2.45) is 5.92 Å². The van der Waals surface area contributed by atoms with E-state index in [0.29, 0.717) is 6.54 Å². The number of hydrogen-bond donors (Lipinski definition) is 2. The number of nitrogens with zero attached hydrogens (tertiary/aromatic N) is 3. The van der Waals surface area contributed by atoms with Crippen LogP contribution in [0.15, 0.2) is 0 Å². The summed E-state index contributed by atoms with van der Waals surface area (Å²) in [7, 11) is 0. The zero-order valence-electron chi connectivity index (χ0n) is 12.4. The van der Waals surface area contributed by atoms with Crippen LogP contribution in [0.25, 0.3) is 0 Å². The fourth-order valence-corrected chi connectivity index (χ4v) is 3.41. The summed E-state index contributed by atoms with van der Waals surface area (Å²) in [6.45, 7) is 7.81. The number of hydrogen-bond acceptors (Lipinski definition) is 4. The molecule has 0 aliphatic carbocycles. The molecule has 0 bridgehead atoms. The van der Waals surface area contributed by atoms with E-state index in [4.69, 9.17) is 5.73 Å². The lowest BCUT2D eigenvalue weighted by molar-refractivity contribution is -0.123. The van der Waals surface area contributed by atoms with Gasteiger partial charge in [0.2, 0.25) is 5.91 Å². The first-order valence-corrected chi connectivity index (χ1v) is 7.39. The van der Waals surface area contributed by atoms with Crippen LogP contribution in [0.4, 0.5) is 11.5 Å². The third kappa shape index (κ3) is 1.85. The van der Waals surface area contributed by atoms with Gasteiger partial charge in [0.05, 0.1) is 23.3 Å². The number of amides is 1. The lowest BCUT2D eigenvalue weighted by Gasteiger charge is -2.38. The van der Waals surface area contributed by atoms with Crippen LogP contribution in [-0.2, 0) is 4.79 Å². The Morgan fingerprint density at radius 2 is 2.20 bits per heavy atom. The molecule has 3 heterocycles. The van der Waals surface area contributed by atoms with Crippen LogP contribution in [0.2, 0.25) is 0 Å². The molecule has 20 heavy (non-hydrogen) atoms. The molecule has 6 nitrogen and oxygen atoms in total. The van der Waals surface area contributed by atoms with Crippen molar-refractivity contribution in [3.63, 3.8) is 0 Å². The van der Waals surface area contributed by atoms with Gasteiger partial charge >= 0.3 is 0 Å². The van der Waals surface area contributed by atoms with E-state index in [0.717, 1.165) is 36.6 Å². The molecule has 110 valence electrons. The monoisotopic (exact) mass is 277 g/mol. The molecule has 2 saturated heterocycles. The van der Waals surface area contributed by atoms with Crippen LogP contribution in [-0.4, -0.2) is 34.8 Å². The number of carbonyl (C=O) groups is 1. The highest BCUT2D eigenvalue weighted by atomic mass is 16.2. The summed E-state index contributed by atoms with van der Waals surface area (Å²) in [5, 5.41) is 7.55. The Hall–Kier alpha value is -1.72. The van der Waals surface area contributed by atoms with Gasteiger partial charge in [-0.05, 0) is 33.6 Å². The Labute approximate surface area is 119 Å². The van der Waals surface area contributed by atoms with Gasteiger partial charge in [-0.25, -0.2) is 4.68 Å². The predicted octanol–water partition coefficient (Wildman–Crippen LogP) is 1.07. The number of aromatic nitrogens is 2. The third-order valence-electron chi connectivity index (χ3n) is 4.47. The summed E-state index contributed by atoms with van der Waals surface area (Å²) in [5.41, 5.74) is 7.88. The SMILES string of the molecule is Cc1nn(C(C)C)c(N2CCCC3C(=O)NCC32)c1N. The number of carbonyl (C=O) groups excluding carboxylic acids is 1. The number of nitrogens with two attached hydrogens (primary N) is 1. The summed E-state index contributed by atoms with van der Waals surface area (Å²) in [6.07, 6.45) is 2.00. The summed E-state index contributed by atoms with van der Waals surface area (Å²) >= 11 is 0. The summed E-state index contributed by atoms with van der Waals surface area (Å²) in [6, 6.07) is 0.471. The molecular weight excluding hydrogens is 254 g/mol. The minimum atomic E-state index is 0.0963. The number of fused-ring (bicyclic) bond motifs is 1. The lowest BCUT2D eigenvalue weighted by Crippen LogP contribution is -2.47. The lowest BCUT2D eigenvalue weighted by atomic mass is 9.91. The number of rotatable bonds is 2. The van der Waals surface area contributed by atoms with Crippen LogP contribution >= 0.6 is 0 Å². The quantitative estimate of drug-likeness (QED) is 0.848. The van der Waals surface area contributed by atoms with E-state index in [1.165, 1.54) is 0 Å². The molecule has 2 aliphatic heterocycles. The van der Waals surface area contributed by atoms with E-state index in [2.05, 4.69) is 29.2 Å². The fraction of sp³-hybridized carbons (Fsp3) is 0.714. The molecule has 1 amide bonds. The smallest absolute Gasteiger partial charge is 0.225 e. The van der Waals surface area contributed by atoms with E-state index >= 15 is 0 Å². The molecule has 1 aromatic heterocycles. The van der Waals surface area contributed by atoms with Crippen LogP contribution in [0.1, 0.15) is 38.4 Å². The molecule has 2 unspecified atom stereocenters. The summed E-state index contributed by atoms with van der Waals surface area (Å²) in [5.74, 6) is 1.27. The second-order valence-corrected chi connectivity index (χ2v) is 6.12. The molecule has 0 spiro atoms. The van der Waals surface area contributed by atoms with Gasteiger partial charge in [-0.1, -0.05) is 0 Å². The molecule has 2 fully saturated rings. The van der Waals surface area contributed by atoms with Crippen LogP contribution in [0, 0.1) is 12.8 Å². The normalized spacial score (nSPS) is 26.0. The first-order valence-electron chi connectivity index (χ1n) is 7.39. The fourth-order valence-electron chi connectivity index (χ4n) is 3.41. The Balaban J connectivity index is 2.02. The first-order chi connectivity index (χ1) is 9.50. The number of nitrogen functional groups attached to an aromatic ring is 1. The predicted molar refractivity (Wildman–Crippen MR) is 78.6 cm³/mol. The van der Waals surface area contributed by atoms with Crippen LogP contribution in [0.5, 0.6) is 0 Å². The maximum Gasteiger partial charge on any atom is 0.225 e. The third-order valence-corrected chi connectivity index (χ3v) is 4.47. The highest BCUT2D eigenvalue weighted by molar-refractivity contribution is 5.83. The van der Waals surface area contributed by atoms with Crippen LogP contribution < -0.4 is 16.0 Å².